The van der Waals surface area contributed by atoms with Gasteiger partial charge in [-0.3, -0.25) is 4.90 Å². The summed E-state index contributed by atoms with van der Waals surface area (Å²) in [5.41, 5.74) is 7.46. The fourth-order valence-corrected chi connectivity index (χ4v) is 2.70. The van der Waals surface area contributed by atoms with Crippen LogP contribution in [0.3, 0.4) is 0 Å². The summed E-state index contributed by atoms with van der Waals surface area (Å²) in [6.07, 6.45) is 5.10. The number of benzene rings is 1. The van der Waals surface area contributed by atoms with Crippen LogP contribution in [0.2, 0.25) is 0 Å². The largest absolute Gasteiger partial charge is 0.329 e. The molecule has 1 unspecified atom stereocenters. The molecule has 0 aromatic heterocycles. The van der Waals surface area contributed by atoms with Crippen molar-refractivity contribution in [1.82, 2.24) is 4.90 Å². The molecule has 2 nitrogen and oxygen atoms in total. The van der Waals surface area contributed by atoms with E-state index in [0.29, 0.717) is 6.04 Å². The van der Waals surface area contributed by atoms with Gasteiger partial charge in [0.05, 0.1) is 0 Å². The second kappa shape index (κ2) is 7.06. The molecule has 0 bridgehead atoms. The lowest BCUT2D eigenvalue weighted by molar-refractivity contribution is 0.178. The van der Waals surface area contributed by atoms with Gasteiger partial charge in [-0.25, -0.2) is 0 Å². The van der Waals surface area contributed by atoms with E-state index in [-0.39, 0.29) is 0 Å². The summed E-state index contributed by atoms with van der Waals surface area (Å²) in [5, 5.41) is 0. The Balaban J connectivity index is 1.96. The molecule has 1 aliphatic carbocycles. The summed E-state index contributed by atoms with van der Waals surface area (Å²) < 4.78 is 0. The van der Waals surface area contributed by atoms with E-state index in [1.165, 1.54) is 31.4 Å². The molecule has 1 aliphatic rings. The summed E-state index contributed by atoms with van der Waals surface area (Å²) >= 11 is 0. The highest BCUT2D eigenvalue weighted by molar-refractivity contribution is 5.16. The van der Waals surface area contributed by atoms with Crippen molar-refractivity contribution in [2.75, 3.05) is 13.1 Å². The second-order valence-electron chi connectivity index (χ2n) is 6.23. The van der Waals surface area contributed by atoms with E-state index in [4.69, 9.17) is 5.73 Å². The van der Waals surface area contributed by atoms with Crippen LogP contribution in [0.5, 0.6) is 0 Å². The molecule has 0 aliphatic heterocycles. The van der Waals surface area contributed by atoms with Gasteiger partial charge in [0.2, 0.25) is 0 Å². The maximum absolute atomic E-state index is 6.05. The molecular formula is C17H28N2. The molecule has 2 heteroatoms. The standard InChI is InChI=1S/C17H28N2/c1-14(2)10-11-19(16-8-9-16)17(13-18)12-15-6-4-3-5-7-15/h3-7,14,16-17H,8-13,18H2,1-2H3. The molecule has 1 fully saturated rings. The summed E-state index contributed by atoms with van der Waals surface area (Å²) in [6.45, 7) is 6.58. The maximum atomic E-state index is 6.05. The van der Waals surface area contributed by atoms with Gasteiger partial charge >= 0.3 is 0 Å². The van der Waals surface area contributed by atoms with Crippen LogP contribution in [-0.2, 0) is 6.42 Å². The normalized spacial score (nSPS) is 17.1. The molecule has 0 heterocycles. The van der Waals surface area contributed by atoms with E-state index in [0.717, 1.165) is 24.9 Å². The first-order valence-corrected chi connectivity index (χ1v) is 7.70. The second-order valence-corrected chi connectivity index (χ2v) is 6.23. The number of nitrogens with zero attached hydrogens (tertiary/aromatic N) is 1. The van der Waals surface area contributed by atoms with Gasteiger partial charge in [-0.05, 0) is 43.7 Å². The lowest BCUT2D eigenvalue weighted by Gasteiger charge is -2.31. The Morgan fingerprint density at radius 1 is 1.21 bits per heavy atom. The first-order chi connectivity index (χ1) is 9.20. The smallest absolute Gasteiger partial charge is 0.0261 e. The van der Waals surface area contributed by atoms with Crippen LogP contribution in [0.15, 0.2) is 30.3 Å². The van der Waals surface area contributed by atoms with E-state index >= 15 is 0 Å². The third-order valence-corrected chi connectivity index (χ3v) is 4.04. The molecule has 1 aromatic rings. The van der Waals surface area contributed by atoms with Crippen LogP contribution in [-0.4, -0.2) is 30.1 Å². The molecule has 0 radical (unpaired) electrons. The first kappa shape index (κ1) is 14.5. The average molecular weight is 260 g/mol. The maximum Gasteiger partial charge on any atom is 0.0261 e. The van der Waals surface area contributed by atoms with E-state index in [1.807, 2.05) is 0 Å². The van der Waals surface area contributed by atoms with Crippen molar-refractivity contribution in [3.63, 3.8) is 0 Å². The van der Waals surface area contributed by atoms with Gasteiger partial charge in [0.1, 0.15) is 0 Å². The summed E-state index contributed by atoms with van der Waals surface area (Å²) in [6, 6.07) is 12.1. The van der Waals surface area contributed by atoms with Gasteiger partial charge in [-0.1, -0.05) is 44.2 Å². The highest BCUT2D eigenvalue weighted by atomic mass is 15.2. The topological polar surface area (TPSA) is 29.3 Å². The molecule has 0 spiro atoms. The molecule has 1 atom stereocenters. The number of hydrogen-bond donors (Lipinski definition) is 1. The fourth-order valence-electron chi connectivity index (χ4n) is 2.70. The van der Waals surface area contributed by atoms with Crippen molar-refractivity contribution in [2.24, 2.45) is 11.7 Å². The summed E-state index contributed by atoms with van der Waals surface area (Å²) in [5.74, 6) is 0.774. The van der Waals surface area contributed by atoms with Crippen molar-refractivity contribution in [2.45, 2.75) is 51.6 Å². The van der Waals surface area contributed by atoms with Gasteiger partial charge < -0.3 is 5.73 Å². The zero-order valence-electron chi connectivity index (χ0n) is 12.4. The number of hydrogen-bond acceptors (Lipinski definition) is 2. The zero-order chi connectivity index (χ0) is 13.7. The molecule has 0 amide bonds. The lowest BCUT2D eigenvalue weighted by atomic mass is 10.0. The Labute approximate surface area is 118 Å². The highest BCUT2D eigenvalue weighted by Crippen LogP contribution is 2.30. The quantitative estimate of drug-likeness (QED) is 0.778. The SMILES string of the molecule is CC(C)CCN(C1CC1)C(CN)Cc1ccccc1. The Kier molecular flexibility index (Phi) is 5.41. The minimum atomic E-state index is 0.508. The third-order valence-electron chi connectivity index (χ3n) is 4.04. The predicted octanol–water partition coefficient (Wildman–Crippen LogP) is 3.07. The summed E-state index contributed by atoms with van der Waals surface area (Å²) in [4.78, 5) is 2.67. The average Bonchev–Trinajstić information content (AvgIpc) is 3.23. The molecule has 19 heavy (non-hydrogen) atoms. The fraction of sp³-hybridized carbons (Fsp3) is 0.647. The molecule has 2 rings (SSSR count). The van der Waals surface area contributed by atoms with Crippen molar-refractivity contribution in [3.05, 3.63) is 35.9 Å². The molecule has 2 N–H and O–H groups in total. The first-order valence-electron chi connectivity index (χ1n) is 7.70. The highest BCUT2D eigenvalue weighted by Gasteiger charge is 2.33. The van der Waals surface area contributed by atoms with Gasteiger partial charge in [-0.2, -0.15) is 0 Å². The molecule has 1 aromatic carbocycles. The van der Waals surface area contributed by atoms with Gasteiger partial charge in [0.25, 0.3) is 0 Å². The van der Waals surface area contributed by atoms with Crippen molar-refractivity contribution >= 4 is 0 Å². The Bertz CT molecular complexity index is 357. The van der Waals surface area contributed by atoms with Gasteiger partial charge in [0.15, 0.2) is 0 Å². The van der Waals surface area contributed by atoms with Gasteiger partial charge in [0, 0.05) is 18.6 Å². The van der Waals surface area contributed by atoms with Crippen LogP contribution in [0.25, 0.3) is 0 Å². The Morgan fingerprint density at radius 3 is 2.42 bits per heavy atom. The van der Waals surface area contributed by atoms with Crippen LogP contribution in [0.4, 0.5) is 0 Å². The van der Waals surface area contributed by atoms with Crippen LogP contribution < -0.4 is 5.73 Å². The van der Waals surface area contributed by atoms with E-state index < -0.39 is 0 Å². The van der Waals surface area contributed by atoms with E-state index in [2.05, 4.69) is 49.1 Å². The predicted molar refractivity (Wildman–Crippen MR) is 82.2 cm³/mol. The monoisotopic (exact) mass is 260 g/mol. The minimum Gasteiger partial charge on any atom is -0.329 e. The Hall–Kier alpha value is -0.860. The van der Waals surface area contributed by atoms with E-state index in [1.54, 1.807) is 0 Å². The van der Waals surface area contributed by atoms with Crippen molar-refractivity contribution < 1.29 is 0 Å². The van der Waals surface area contributed by atoms with Crippen molar-refractivity contribution in [3.8, 4) is 0 Å². The molecular weight excluding hydrogens is 232 g/mol. The third kappa shape index (κ3) is 4.63. The summed E-state index contributed by atoms with van der Waals surface area (Å²) in [7, 11) is 0. The minimum absolute atomic E-state index is 0.508. The van der Waals surface area contributed by atoms with Gasteiger partial charge in [-0.15, -0.1) is 0 Å². The molecule has 1 saturated carbocycles. The van der Waals surface area contributed by atoms with E-state index in [9.17, 15) is 0 Å². The lowest BCUT2D eigenvalue weighted by Crippen LogP contribution is -2.44. The number of rotatable bonds is 8. The molecule has 0 saturated heterocycles. The number of nitrogens with two attached hydrogens (primary N) is 1. The van der Waals surface area contributed by atoms with Crippen molar-refractivity contribution in [1.29, 1.82) is 0 Å². The van der Waals surface area contributed by atoms with Crippen LogP contribution in [0.1, 0.15) is 38.7 Å². The zero-order valence-corrected chi connectivity index (χ0v) is 12.4. The van der Waals surface area contributed by atoms with Crippen LogP contribution >= 0.6 is 0 Å². The molecule has 106 valence electrons. The Morgan fingerprint density at radius 2 is 1.89 bits per heavy atom. The van der Waals surface area contributed by atoms with Crippen LogP contribution in [0, 0.1) is 5.92 Å².